The number of aliphatic hydroxyl groups excluding tert-OH is 1. The number of aliphatic hydroxyl groups is 1. The molecule has 0 spiro atoms. The Morgan fingerprint density at radius 3 is 2.50 bits per heavy atom. The Bertz CT molecular complexity index is 300. The molecule has 1 unspecified atom stereocenters. The van der Waals surface area contributed by atoms with Crippen molar-refractivity contribution in [3.05, 3.63) is 34.9 Å². The lowest BCUT2D eigenvalue weighted by Crippen LogP contribution is -2.19. The van der Waals surface area contributed by atoms with E-state index in [0.29, 0.717) is 18.2 Å². The Balaban J connectivity index is 2.29. The maximum atomic E-state index is 9.79. The van der Waals surface area contributed by atoms with Gasteiger partial charge in [0.05, 0.1) is 13.2 Å². The van der Waals surface area contributed by atoms with Crippen LogP contribution in [0.2, 0.25) is 5.02 Å². The van der Waals surface area contributed by atoms with Gasteiger partial charge < -0.3 is 14.7 Å². The molecule has 4 heteroatoms. The first kappa shape index (κ1) is 13.5. The third kappa shape index (κ3) is 4.94. The van der Waals surface area contributed by atoms with E-state index >= 15 is 0 Å². The molecule has 1 atom stereocenters. The highest BCUT2D eigenvalue weighted by Crippen LogP contribution is 2.16. The standard InChI is InChI=1S/C12H18ClNO2/c1-14(2)7-8-16-9-12(15)10-3-5-11(13)6-4-10/h3-6,12,15H,7-9H2,1-2H3. The first-order valence-corrected chi connectivity index (χ1v) is 5.63. The summed E-state index contributed by atoms with van der Waals surface area (Å²) in [6.07, 6.45) is -0.584. The zero-order chi connectivity index (χ0) is 12.0. The van der Waals surface area contributed by atoms with Crippen LogP contribution in [0.1, 0.15) is 11.7 Å². The molecule has 1 N–H and O–H groups in total. The van der Waals surface area contributed by atoms with Crippen molar-refractivity contribution in [2.75, 3.05) is 33.9 Å². The third-order valence-corrected chi connectivity index (χ3v) is 2.47. The van der Waals surface area contributed by atoms with Crippen LogP contribution in [0.5, 0.6) is 0 Å². The van der Waals surface area contributed by atoms with Gasteiger partial charge in [0.25, 0.3) is 0 Å². The highest BCUT2D eigenvalue weighted by molar-refractivity contribution is 6.30. The number of rotatable bonds is 6. The average molecular weight is 244 g/mol. The summed E-state index contributed by atoms with van der Waals surface area (Å²) in [6, 6.07) is 7.14. The minimum Gasteiger partial charge on any atom is -0.386 e. The number of halogens is 1. The first-order valence-electron chi connectivity index (χ1n) is 5.25. The minimum atomic E-state index is -0.584. The molecule has 0 heterocycles. The van der Waals surface area contributed by atoms with Gasteiger partial charge in [-0.1, -0.05) is 23.7 Å². The zero-order valence-electron chi connectivity index (χ0n) is 9.69. The van der Waals surface area contributed by atoms with E-state index in [2.05, 4.69) is 0 Å². The van der Waals surface area contributed by atoms with Crippen molar-refractivity contribution in [3.63, 3.8) is 0 Å². The van der Waals surface area contributed by atoms with Gasteiger partial charge in [-0.05, 0) is 31.8 Å². The van der Waals surface area contributed by atoms with Crippen molar-refractivity contribution in [2.24, 2.45) is 0 Å². The molecule has 0 fully saturated rings. The summed E-state index contributed by atoms with van der Waals surface area (Å²) in [6.45, 7) is 1.79. The minimum absolute atomic E-state index is 0.315. The molecule has 0 aliphatic rings. The molecule has 16 heavy (non-hydrogen) atoms. The van der Waals surface area contributed by atoms with Crippen LogP contribution in [0.4, 0.5) is 0 Å². The first-order chi connectivity index (χ1) is 7.59. The van der Waals surface area contributed by atoms with Crippen LogP contribution in [0, 0.1) is 0 Å². The third-order valence-electron chi connectivity index (χ3n) is 2.21. The van der Waals surface area contributed by atoms with Crippen molar-refractivity contribution >= 4 is 11.6 Å². The number of likely N-dealkylation sites (N-methyl/N-ethyl adjacent to an activating group) is 1. The van der Waals surface area contributed by atoms with E-state index in [1.165, 1.54) is 0 Å². The van der Waals surface area contributed by atoms with Gasteiger partial charge in [0.1, 0.15) is 6.10 Å². The number of hydrogen-bond acceptors (Lipinski definition) is 3. The van der Waals surface area contributed by atoms with Gasteiger partial charge >= 0.3 is 0 Å². The lowest BCUT2D eigenvalue weighted by atomic mass is 10.1. The molecule has 1 aromatic rings. The van der Waals surface area contributed by atoms with E-state index in [1.807, 2.05) is 31.1 Å². The van der Waals surface area contributed by atoms with Crippen molar-refractivity contribution in [2.45, 2.75) is 6.10 Å². The topological polar surface area (TPSA) is 32.7 Å². The summed E-state index contributed by atoms with van der Waals surface area (Å²) in [5.74, 6) is 0. The summed E-state index contributed by atoms with van der Waals surface area (Å²) in [7, 11) is 3.97. The number of nitrogens with zero attached hydrogens (tertiary/aromatic N) is 1. The molecule has 90 valence electrons. The Labute approximate surface area is 102 Å². The van der Waals surface area contributed by atoms with Crippen molar-refractivity contribution in [1.29, 1.82) is 0 Å². The van der Waals surface area contributed by atoms with Crippen LogP contribution < -0.4 is 0 Å². The maximum absolute atomic E-state index is 9.79. The van der Waals surface area contributed by atoms with Gasteiger partial charge in [0.15, 0.2) is 0 Å². The fourth-order valence-electron chi connectivity index (χ4n) is 1.22. The quantitative estimate of drug-likeness (QED) is 0.776. The number of ether oxygens (including phenoxy) is 1. The van der Waals surface area contributed by atoms with Gasteiger partial charge in [-0.15, -0.1) is 0 Å². The van der Waals surface area contributed by atoms with E-state index in [1.54, 1.807) is 12.1 Å². The molecule has 0 saturated heterocycles. The molecular weight excluding hydrogens is 226 g/mol. The second-order valence-corrected chi connectivity index (χ2v) is 4.38. The summed E-state index contributed by atoms with van der Waals surface area (Å²) in [5, 5.41) is 10.5. The van der Waals surface area contributed by atoms with E-state index < -0.39 is 6.10 Å². The van der Waals surface area contributed by atoms with Gasteiger partial charge in [-0.25, -0.2) is 0 Å². The monoisotopic (exact) mass is 243 g/mol. The summed E-state index contributed by atoms with van der Waals surface area (Å²) >= 11 is 5.76. The largest absolute Gasteiger partial charge is 0.386 e. The number of hydrogen-bond donors (Lipinski definition) is 1. The van der Waals surface area contributed by atoms with Crippen LogP contribution in [0.15, 0.2) is 24.3 Å². The molecule has 0 aliphatic carbocycles. The molecule has 0 bridgehead atoms. The fourth-order valence-corrected chi connectivity index (χ4v) is 1.35. The molecule has 0 saturated carbocycles. The predicted molar refractivity (Wildman–Crippen MR) is 65.8 cm³/mol. The molecule has 0 amide bonds. The molecule has 1 aromatic carbocycles. The SMILES string of the molecule is CN(C)CCOCC(O)c1ccc(Cl)cc1. The molecule has 1 rings (SSSR count). The highest BCUT2D eigenvalue weighted by Gasteiger charge is 2.07. The van der Waals surface area contributed by atoms with Crippen LogP contribution in [-0.4, -0.2) is 43.9 Å². The molecule has 0 aliphatic heterocycles. The zero-order valence-corrected chi connectivity index (χ0v) is 10.4. The summed E-state index contributed by atoms with van der Waals surface area (Å²) < 4.78 is 5.37. The van der Waals surface area contributed by atoms with Gasteiger partial charge in [-0.3, -0.25) is 0 Å². The number of benzene rings is 1. The maximum Gasteiger partial charge on any atom is 0.102 e. The highest BCUT2D eigenvalue weighted by atomic mass is 35.5. The summed E-state index contributed by atoms with van der Waals surface area (Å²) in [4.78, 5) is 2.04. The second kappa shape index (κ2) is 6.86. The van der Waals surface area contributed by atoms with E-state index in [-0.39, 0.29) is 0 Å². The van der Waals surface area contributed by atoms with Gasteiger partial charge in [0.2, 0.25) is 0 Å². The van der Waals surface area contributed by atoms with Crippen molar-refractivity contribution < 1.29 is 9.84 Å². The molecule has 0 radical (unpaired) electrons. The van der Waals surface area contributed by atoms with Crippen molar-refractivity contribution in [3.8, 4) is 0 Å². The molecule has 0 aromatic heterocycles. The van der Waals surface area contributed by atoms with Gasteiger partial charge in [-0.2, -0.15) is 0 Å². The lowest BCUT2D eigenvalue weighted by Gasteiger charge is -2.13. The van der Waals surface area contributed by atoms with E-state index in [4.69, 9.17) is 16.3 Å². The van der Waals surface area contributed by atoms with Crippen LogP contribution in [0.3, 0.4) is 0 Å². The average Bonchev–Trinajstić information content (AvgIpc) is 2.25. The van der Waals surface area contributed by atoms with Gasteiger partial charge in [0, 0.05) is 11.6 Å². The predicted octanol–water partition coefficient (Wildman–Crippen LogP) is 1.95. The van der Waals surface area contributed by atoms with Crippen LogP contribution >= 0.6 is 11.6 Å². The van der Waals surface area contributed by atoms with Crippen LogP contribution in [0.25, 0.3) is 0 Å². The Morgan fingerprint density at radius 1 is 1.31 bits per heavy atom. The Morgan fingerprint density at radius 2 is 1.94 bits per heavy atom. The smallest absolute Gasteiger partial charge is 0.102 e. The van der Waals surface area contributed by atoms with E-state index in [0.717, 1.165) is 12.1 Å². The Kier molecular flexibility index (Phi) is 5.77. The normalized spacial score (nSPS) is 13.1. The lowest BCUT2D eigenvalue weighted by molar-refractivity contribution is 0.0306. The van der Waals surface area contributed by atoms with Crippen LogP contribution in [-0.2, 0) is 4.74 Å². The van der Waals surface area contributed by atoms with E-state index in [9.17, 15) is 5.11 Å². The Hall–Kier alpha value is -0.610. The molecular formula is C12H18ClNO2. The summed E-state index contributed by atoms with van der Waals surface area (Å²) in [5.41, 5.74) is 0.828. The second-order valence-electron chi connectivity index (χ2n) is 3.95. The van der Waals surface area contributed by atoms with Crippen molar-refractivity contribution in [1.82, 2.24) is 4.90 Å². The molecule has 3 nitrogen and oxygen atoms in total. The fraction of sp³-hybridized carbons (Fsp3) is 0.500.